The number of benzene rings is 1. The van der Waals surface area contributed by atoms with Gasteiger partial charge in [0.25, 0.3) is 0 Å². The minimum absolute atomic E-state index is 0.499. The molecule has 0 aliphatic carbocycles. The van der Waals surface area contributed by atoms with Crippen molar-refractivity contribution >= 4 is 54.8 Å². The lowest BCUT2D eigenvalue weighted by Crippen LogP contribution is -1.99. The first-order chi connectivity index (χ1) is 8.06. The van der Waals surface area contributed by atoms with Gasteiger partial charge in [0, 0.05) is 20.8 Å². The van der Waals surface area contributed by atoms with Crippen LogP contribution in [0.3, 0.4) is 0 Å². The predicted octanol–water partition coefficient (Wildman–Crippen LogP) is 5.20. The molecule has 0 saturated heterocycles. The fourth-order valence-electron chi connectivity index (χ4n) is 1.52. The molecule has 1 N–H and O–H groups in total. The Balaban J connectivity index is 2.14. The SMILES string of the molecule is OC(Cc1cccc(Cl)c1)c1cc(Br)c(Br)s1. The monoisotopic (exact) mass is 394 g/mol. The van der Waals surface area contributed by atoms with Crippen LogP contribution in [0.5, 0.6) is 0 Å². The Morgan fingerprint density at radius 1 is 1.29 bits per heavy atom. The maximum Gasteiger partial charge on any atom is 0.0923 e. The van der Waals surface area contributed by atoms with Gasteiger partial charge in [-0.15, -0.1) is 11.3 Å². The smallest absolute Gasteiger partial charge is 0.0923 e. The van der Waals surface area contributed by atoms with Gasteiger partial charge in [0.1, 0.15) is 0 Å². The molecule has 0 aliphatic heterocycles. The molecule has 1 aromatic carbocycles. The minimum Gasteiger partial charge on any atom is -0.387 e. The molecular weight excluding hydrogens is 387 g/mol. The van der Waals surface area contributed by atoms with E-state index in [4.69, 9.17) is 11.6 Å². The zero-order valence-corrected chi connectivity index (χ0v) is 13.4. The highest BCUT2D eigenvalue weighted by atomic mass is 79.9. The van der Waals surface area contributed by atoms with Crippen LogP contribution in [0, 0.1) is 0 Å². The quantitative estimate of drug-likeness (QED) is 0.756. The predicted molar refractivity (Wildman–Crippen MR) is 79.8 cm³/mol. The van der Waals surface area contributed by atoms with Gasteiger partial charge in [-0.05, 0) is 55.6 Å². The molecule has 2 aromatic rings. The number of hydrogen-bond acceptors (Lipinski definition) is 2. The van der Waals surface area contributed by atoms with Crippen molar-refractivity contribution < 1.29 is 5.11 Å². The summed E-state index contributed by atoms with van der Waals surface area (Å²) < 4.78 is 1.97. The van der Waals surface area contributed by atoms with Gasteiger partial charge >= 0.3 is 0 Å². The van der Waals surface area contributed by atoms with Crippen molar-refractivity contribution in [1.82, 2.24) is 0 Å². The summed E-state index contributed by atoms with van der Waals surface area (Å²) in [6.07, 6.45) is 0.0704. The minimum atomic E-state index is -0.499. The van der Waals surface area contributed by atoms with Crippen LogP contribution in [-0.4, -0.2) is 5.11 Å². The van der Waals surface area contributed by atoms with Crippen LogP contribution < -0.4 is 0 Å². The van der Waals surface area contributed by atoms with Crippen LogP contribution in [0.1, 0.15) is 16.5 Å². The number of hydrogen-bond donors (Lipinski definition) is 1. The summed E-state index contributed by atoms with van der Waals surface area (Å²) in [5.41, 5.74) is 1.03. The lowest BCUT2D eigenvalue weighted by Gasteiger charge is -2.08. The van der Waals surface area contributed by atoms with E-state index in [1.54, 1.807) is 0 Å². The number of halogens is 3. The zero-order valence-electron chi connectivity index (χ0n) is 8.66. The zero-order chi connectivity index (χ0) is 12.4. The first-order valence-electron chi connectivity index (χ1n) is 4.93. The molecule has 0 spiro atoms. The van der Waals surface area contributed by atoms with E-state index < -0.39 is 6.10 Å². The fraction of sp³-hybridized carbons (Fsp3) is 0.167. The van der Waals surface area contributed by atoms with Crippen LogP contribution in [-0.2, 0) is 6.42 Å². The molecule has 0 fully saturated rings. The van der Waals surface area contributed by atoms with E-state index in [1.807, 2.05) is 30.3 Å². The van der Waals surface area contributed by atoms with Gasteiger partial charge in [0.05, 0.1) is 9.89 Å². The maximum atomic E-state index is 10.1. The highest BCUT2D eigenvalue weighted by Crippen LogP contribution is 2.36. The van der Waals surface area contributed by atoms with Crippen LogP contribution in [0.15, 0.2) is 38.6 Å². The molecule has 0 aliphatic rings. The molecule has 1 heterocycles. The molecule has 0 bridgehead atoms. The summed E-state index contributed by atoms with van der Waals surface area (Å²) in [7, 11) is 0. The van der Waals surface area contributed by atoms with Crippen molar-refractivity contribution in [3.63, 3.8) is 0 Å². The van der Waals surface area contributed by atoms with Crippen LogP contribution in [0.4, 0.5) is 0 Å². The Labute approximate surface area is 126 Å². The first-order valence-corrected chi connectivity index (χ1v) is 7.71. The van der Waals surface area contributed by atoms with Gasteiger partial charge in [-0.25, -0.2) is 0 Å². The standard InChI is InChI=1S/C12H9Br2ClOS/c13-9-6-11(17-12(9)14)10(16)5-7-2-1-3-8(15)4-7/h1-4,6,10,16H,5H2. The van der Waals surface area contributed by atoms with Gasteiger partial charge in [-0.3, -0.25) is 0 Å². The second-order valence-corrected chi connectivity index (χ2v) is 7.31. The van der Waals surface area contributed by atoms with Gasteiger partial charge in [-0.1, -0.05) is 23.7 Å². The third-order valence-corrected chi connectivity index (χ3v) is 5.90. The molecule has 1 unspecified atom stereocenters. The summed E-state index contributed by atoms with van der Waals surface area (Å²) in [6, 6.07) is 9.50. The van der Waals surface area contributed by atoms with E-state index in [1.165, 1.54) is 11.3 Å². The molecular formula is C12H9Br2ClOS. The lowest BCUT2D eigenvalue weighted by atomic mass is 10.1. The second-order valence-electron chi connectivity index (χ2n) is 3.62. The Kier molecular flexibility index (Phi) is 4.66. The van der Waals surface area contributed by atoms with Crippen molar-refractivity contribution in [2.45, 2.75) is 12.5 Å². The van der Waals surface area contributed by atoms with Crippen LogP contribution >= 0.6 is 54.8 Å². The number of aliphatic hydroxyl groups is 1. The van der Waals surface area contributed by atoms with E-state index in [-0.39, 0.29) is 0 Å². The summed E-state index contributed by atoms with van der Waals surface area (Å²) in [5, 5.41) is 10.8. The van der Waals surface area contributed by atoms with Crippen LogP contribution in [0.2, 0.25) is 5.02 Å². The summed E-state index contributed by atoms with van der Waals surface area (Å²) in [4.78, 5) is 0.934. The van der Waals surface area contributed by atoms with E-state index >= 15 is 0 Å². The third kappa shape index (κ3) is 3.55. The normalized spacial score (nSPS) is 12.7. The van der Waals surface area contributed by atoms with Crippen LogP contribution in [0.25, 0.3) is 0 Å². The van der Waals surface area contributed by atoms with Crippen molar-refractivity contribution in [1.29, 1.82) is 0 Å². The van der Waals surface area contributed by atoms with E-state index in [0.717, 1.165) is 18.7 Å². The van der Waals surface area contributed by atoms with E-state index in [0.29, 0.717) is 11.4 Å². The topological polar surface area (TPSA) is 20.2 Å². The Morgan fingerprint density at radius 2 is 2.06 bits per heavy atom. The highest BCUT2D eigenvalue weighted by Gasteiger charge is 2.13. The van der Waals surface area contributed by atoms with E-state index in [2.05, 4.69) is 31.9 Å². The largest absolute Gasteiger partial charge is 0.387 e. The summed E-state index contributed by atoms with van der Waals surface area (Å²) in [6.45, 7) is 0. The second kappa shape index (κ2) is 5.85. The van der Waals surface area contributed by atoms with Crippen molar-refractivity contribution in [3.8, 4) is 0 Å². The molecule has 5 heteroatoms. The van der Waals surface area contributed by atoms with Gasteiger partial charge < -0.3 is 5.11 Å². The lowest BCUT2D eigenvalue weighted by molar-refractivity contribution is 0.182. The average Bonchev–Trinajstić information content (AvgIpc) is 2.59. The molecule has 2 rings (SSSR count). The summed E-state index contributed by atoms with van der Waals surface area (Å²) >= 11 is 14.3. The Bertz CT molecular complexity index is 507. The van der Waals surface area contributed by atoms with Gasteiger partial charge in [0.15, 0.2) is 0 Å². The van der Waals surface area contributed by atoms with Crippen molar-refractivity contribution in [2.24, 2.45) is 0 Å². The Hall–Kier alpha value is 0.130. The van der Waals surface area contributed by atoms with Gasteiger partial charge in [-0.2, -0.15) is 0 Å². The fourth-order valence-corrected chi connectivity index (χ4v) is 3.80. The maximum absolute atomic E-state index is 10.1. The van der Waals surface area contributed by atoms with Gasteiger partial charge in [0.2, 0.25) is 0 Å². The molecule has 90 valence electrons. The molecule has 0 saturated carbocycles. The average molecular weight is 397 g/mol. The number of rotatable bonds is 3. The van der Waals surface area contributed by atoms with E-state index in [9.17, 15) is 5.11 Å². The Morgan fingerprint density at radius 3 is 2.65 bits per heavy atom. The molecule has 0 radical (unpaired) electrons. The van der Waals surface area contributed by atoms with Crippen molar-refractivity contribution in [3.05, 3.63) is 54.1 Å². The molecule has 1 aromatic heterocycles. The molecule has 1 nitrogen and oxygen atoms in total. The third-order valence-electron chi connectivity index (χ3n) is 2.31. The number of thiophene rings is 1. The number of aliphatic hydroxyl groups excluding tert-OH is 1. The molecule has 0 amide bonds. The van der Waals surface area contributed by atoms with Crippen molar-refractivity contribution in [2.75, 3.05) is 0 Å². The highest BCUT2D eigenvalue weighted by molar-refractivity contribution is 9.13. The summed E-state index contributed by atoms with van der Waals surface area (Å²) in [5.74, 6) is 0. The molecule has 17 heavy (non-hydrogen) atoms. The first kappa shape index (κ1) is 13.6. The molecule has 1 atom stereocenters.